The van der Waals surface area contributed by atoms with Gasteiger partial charge in [0.05, 0.1) is 0 Å². The molecule has 1 aliphatic rings. The number of hydrogen-bond acceptors (Lipinski definition) is 2. The zero-order valence-electron chi connectivity index (χ0n) is 8.09. The molecule has 0 aromatic carbocycles. The molecule has 12 heavy (non-hydrogen) atoms. The van der Waals surface area contributed by atoms with Crippen LogP contribution in [0.1, 0.15) is 19.8 Å². The quantitative estimate of drug-likeness (QED) is 0.713. The third kappa shape index (κ3) is 3.48. The topological polar surface area (TPSA) is 15.3 Å². The van der Waals surface area contributed by atoms with Gasteiger partial charge in [-0.1, -0.05) is 0 Å². The Morgan fingerprint density at radius 3 is 1.75 bits per heavy atom. The Morgan fingerprint density at radius 2 is 1.50 bits per heavy atom. The van der Waals surface area contributed by atoms with E-state index in [1.807, 2.05) is 0 Å². The maximum Gasteiger partial charge on any atom is 0.0199 e. The Hall–Kier alpha value is 0.500. The van der Waals surface area contributed by atoms with Crippen LogP contribution in [0.5, 0.6) is 0 Å². The first-order valence-electron chi connectivity index (χ1n) is 4.03. The number of nitrogens with one attached hydrogen (secondary N) is 1. The molecule has 1 N–H and O–H groups in total. The van der Waals surface area contributed by atoms with Crippen molar-refractivity contribution in [2.45, 2.75) is 25.3 Å². The predicted molar refractivity (Wildman–Crippen MR) is 58.7 cm³/mol. The van der Waals surface area contributed by atoms with Crippen molar-refractivity contribution >= 4 is 24.8 Å². The van der Waals surface area contributed by atoms with Crippen LogP contribution in [0.3, 0.4) is 0 Å². The van der Waals surface area contributed by atoms with Crippen molar-refractivity contribution in [2.75, 3.05) is 27.2 Å². The third-order valence-electron chi connectivity index (χ3n) is 2.76. The number of piperidine rings is 1. The summed E-state index contributed by atoms with van der Waals surface area (Å²) in [5.41, 5.74) is 0.450. The van der Waals surface area contributed by atoms with Gasteiger partial charge in [0, 0.05) is 5.54 Å². The van der Waals surface area contributed by atoms with E-state index in [4.69, 9.17) is 0 Å². The van der Waals surface area contributed by atoms with Crippen LogP contribution in [0.25, 0.3) is 0 Å². The lowest BCUT2D eigenvalue weighted by Gasteiger charge is -2.40. The van der Waals surface area contributed by atoms with Gasteiger partial charge in [-0.2, -0.15) is 0 Å². The molecule has 76 valence electrons. The molecule has 0 saturated carbocycles. The van der Waals surface area contributed by atoms with Gasteiger partial charge in [-0.15, -0.1) is 24.8 Å². The van der Waals surface area contributed by atoms with Crippen LogP contribution in [0.4, 0.5) is 0 Å². The van der Waals surface area contributed by atoms with Gasteiger partial charge in [-0.25, -0.2) is 0 Å². The number of nitrogens with zero attached hydrogens (tertiary/aromatic N) is 1. The van der Waals surface area contributed by atoms with Gasteiger partial charge in [0.15, 0.2) is 0 Å². The molecular formula is C8H20Cl2N2. The molecule has 0 aromatic rings. The van der Waals surface area contributed by atoms with Crippen molar-refractivity contribution in [3.05, 3.63) is 0 Å². The summed E-state index contributed by atoms with van der Waals surface area (Å²) in [7, 11) is 4.34. The monoisotopic (exact) mass is 214 g/mol. The van der Waals surface area contributed by atoms with Crippen molar-refractivity contribution in [3.8, 4) is 0 Å². The number of hydrogen-bond donors (Lipinski definition) is 1. The Balaban J connectivity index is 0. The molecule has 2 nitrogen and oxygen atoms in total. The van der Waals surface area contributed by atoms with Crippen LogP contribution >= 0.6 is 24.8 Å². The van der Waals surface area contributed by atoms with Crippen LogP contribution in [0, 0.1) is 0 Å². The normalized spacial score (nSPS) is 21.0. The highest BCUT2D eigenvalue weighted by atomic mass is 35.5. The fourth-order valence-electron chi connectivity index (χ4n) is 1.41. The van der Waals surface area contributed by atoms with Crippen LogP contribution in [0.15, 0.2) is 0 Å². The standard InChI is InChI=1S/C8H18N2.2ClH/c1-8(10(2)3)4-6-9-7-5-8;;/h9H,4-7H2,1-3H3;2*1H. The lowest BCUT2D eigenvalue weighted by molar-refractivity contribution is 0.128. The summed E-state index contributed by atoms with van der Waals surface area (Å²) in [6.07, 6.45) is 2.56. The SMILES string of the molecule is CN(C)C1(C)CCNCC1.Cl.Cl. The molecule has 1 aliphatic heterocycles. The molecule has 0 aromatic heterocycles. The summed E-state index contributed by atoms with van der Waals surface area (Å²) in [5.74, 6) is 0. The lowest BCUT2D eigenvalue weighted by Crippen LogP contribution is -2.49. The molecule has 0 radical (unpaired) electrons. The Labute approximate surface area is 87.9 Å². The molecule has 0 unspecified atom stereocenters. The molecule has 0 bridgehead atoms. The predicted octanol–water partition coefficient (Wildman–Crippen LogP) is 1.53. The highest BCUT2D eigenvalue weighted by Crippen LogP contribution is 2.22. The zero-order chi connectivity index (χ0) is 7.61. The van der Waals surface area contributed by atoms with E-state index in [0.717, 1.165) is 0 Å². The van der Waals surface area contributed by atoms with E-state index in [1.165, 1.54) is 25.9 Å². The minimum atomic E-state index is 0. The van der Waals surface area contributed by atoms with Gasteiger partial charge in [0.1, 0.15) is 0 Å². The summed E-state index contributed by atoms with van der Waals surface area (Å²) < 4.78 is 0. The van der Waals surface area contributed by atoms with Gasteiger partial charge in [-0.3, -0.25) is 0 Å². The first kappa shape index (κ1) is 15.0. The largest absolute Gasteiger partial charge is 0.317 e. The lowest BCUT2D eigenvalue weighted by atomic mass is 9.89. The molecule has 0 aliphatic carbocycles. The van der Waals surface area contributed by atoms with E-state index in [-0.39, 0.29) is 24.8 Å². The smallest absolute Gasteiger partial charge is 0.0199 e. The molecule has 4 heteroatoms. The van der Waals surface area contributed by atoms with E-state index >= 15 is 0 Å². The van der Waals surface area contributed by atoms with Crippen molar-refractivity contribution in [2.24, 2.45) is 0 Å². The molecule has 1 fully saturated rings. The van der Waals surface area contributed by atoms with Gasteiger partial charge in [-0.05, 0) is 47.0 Å². The Morgan fingerprint density at radius 1 is 1.08 bits per heavy atom. The van der Waals surface area contributed by atoms with Gasteiger partial charge in [0.25, 0.3) is 0 Å². The number of halogens is 2. The number of rotatable bonds is 1. The highest BCUT2D eigenvalue weighted by molar-refractivity contribution is 5.85. The zero-order valence-corrected chi connectivity index (χ0v) is 9.73. The minimum Gasteiger partial charge on any atom is -0.317 e. The van der Waals surface area contributed by atoms with Crippen LogP contribution in [-0.4, -0.2) is 37.6 Å². The average Bonchev–Trinajstić information content (AvgIpc) is 1.89. The first-order valence-corrected chi connectivity index (χ1v) is 4.03. The summed E-state index contributed by atoms with van der Waals surface area (Å²) in [6, 6.07) is 0. The fourth-order valence-corrected chi connectivity index (χ4v) is 1.41. The summed E-state index contributed by atoms with van der Waals surface area (Å²) in [6.45, 7) is 4.69. The summed E-state index contributed by atoms with van der Waals surface area (Å²) >= 11 is 0. The van der Waals surface area contributed by atoms with Crippen LogP contribution < -0.4 is 5.32 Å². The second-order valence-electron chi connectivity index (χ2n) is 3.64. The maximum atomic E-state index is 3.37. The van der Waals surface area contributed by atoms with E-state index in [9.17, 15) is 0 Å². The fraction of sp³-hybridized carbons (Fsp3) is 1.00. The summed E-state index contributed by atoms with van der Waals surface area (Å²) in [5, 5.41) is 3.37. The molecular weight excluding hydrogens is 195 g/mol. The van der Waals surface area contributed by atoms with Crippen LogP contribution in [-0.2, 0) is 0 Å². The second-order valence-corrected chi connectivity index (χ2v) is 3.64. The highest BCUT2D eigenvalue weighted by Gasteiger charge is 2.28. The van der Waals surface area contributed by atoms with Crippen molar-refractivity contribution < 1.29 is 0 Å². The van der Waals surface area contributed by atoms with Gasteiger partial charge >= 0.3 is 0 Å². The summed E-state index contributed by atoms with van der Waals surface area (Å²) in [4.78, 5) is 2.34. The molecule has 0 spiro atoms. The Kier molecular flexibility index (Phi) is 7.54. The van der Waals surface area contributed by atoms with Gasteiger partial charge < -0.3 is 10.2 Å². The molecule has 1 heterocycles. The molecule has 0 amide bonds. The average molecular weight is 215 g/mol. The Bertz CT molecular complexity index is 112. The van der Waals surface area contributed by atoms with Crippen molar-refractivity contribution in [1.82, 2.24) is 10.2 Å². The molecule has 1 saturated heterocycles. The maximum absolute atomic E-state index is 3.37. The van der Waals surface area contributed by atoms with Crippen molar-refractivity contribution in [3.63, 3.8) is 0 Å². The van der Waals surface area contributed by atoms with E-state index in [0.29, 0.717) is 5.54 Å². The first-order chi connectivity index (χ1) is 4.65. The molecule has 1 rings (SSSR count). The molecule has 0 atom stereocenters. The minimum absolute atomic E-state index is 0. The van der Waals surface area contributed by atoms with Crippen LogP contribution in [0.2, 0.25) is 0 Å². The van der Waals surface area contributed by atoms with Gasteiger partial charge in [0.2, 0.25) is 0 Å². The van der Waals surface area contributed by atoms with E-state index in [2.05, 4.69) is 31.2 Å². The van der Waals surface area contributed by atoms with E-state index < -0.39 is 0 Å². The van der Waals surface area contributed by atoms with Crippen molar-refractivity contribution in [1.29, 1.82) is 0 Å². The third-order valence-corrected chi connectivity index (χ3v) is 2.76. The van der Waals surface area contributed by atoms with E-state index in [1.54, 1.807) is 0 Å². The second kappa shape index (κ2) is 6.03.